The van der Waals surface area contributed by atoms with E-state index in [0.29, 0.717) is 48.1 Å². The van der Waals surface area contributed by atoms with E-state index in [0.717, 1.165) is 0 Å². The summed E-state index contributed by atoms with van der Waals surface area (Å²) < 4.78 is 10.8. The Bertz CT molecular complexity index is 451. The van der Waals surface area contributed by atoms with Gasteiger partial charge >= 0.3 is 0 Å². The van der Waals surface area contributed by atoms with Gasteiger partial charge in [0.05, 0.1) is 11.1 Å². The molecule has 90 valence electrons. The number of hydrogen-bond donors (Lipinski definition) is 1. The number of halogens is 1. The predicted molar refractivity (Wildman–Crippen MR) is 65.5 cm³/mol. The minimum absolute atomic E-state index is 0.456. The van der Waals surface area contributed by atoms with Gasteiger partial charge in [0.1, 0.15) is 13.2 Å². The molecule has 0 aliphatic carbocycles. The van der Waals surface area contributed by atoms with Crippen LogP contribution < -0.4 is 9.47 Å². The van der Waals surface area contributed by atoms with E-state index in [2.05, 4.69) is 5.92 Å². The first-order valence-electron chi connectivity index (χ1n) is 5.43. The second-order valence-electron chi connectivity index (χ2n) is 3.79. The van der Waals surface area contributed by atoms with Crippen LogP contribution in [0.15, 0.2) is 12.1 Å². The van der Waals surface area contributed by atoms with Crippen molar-refractivity contribution < 1.29 is 14.6 Å². The Balaban J connectivity index is 2.25. The summed E-state index contributed by atoms with van der Waals surface area (Å²) in [5, 5.41) is 10.4. The molecule has 0 fully saturated rings. The van der Waals surface area contributed by atoms with Gasteiger partial charge in [-0.1, -0.05) is 11.6 Å². The van der Waals surface area contributed by atoms with Gasteiger partial charge in [0.25, 0.3) is 0 Å². The summed E-state index contributed by atoms with van der Waals surface area (Å²) in [6.45, 7) is 0.985. The van der Waals surface area contributed by atoms with E-state index in [1.165, 1.54) is 0 Å². The van der Waals surface area contributed by atoms with Gasteiger partial charge in [-0.15, -0.1) is 12.3 Å². The third-order valence-corrected chi connectivity index (χ3v) is 2.85. The Morgan fingerprint density at radius 1 is 1.41 bits per heavy atom. The molecule has 1 heterocycles. The fourth-order valence-electron chi connectivity index (χ4n) is 1.71. The maximum absolute atomic E-state index is 9.93. The number of ether oxygens (including phenoxy) is 2. The molecule has 17 heavy (non-hydrogen) atoms. The topological polar surface area (TPSA) is 38.7 Å². The fraction of sp³-hybridized carbons (Fsp3) is 0.385. The first kappa shape index (κ1) is 12.1. The lowest BCUT2D eigenvalue weighted by molar-refractivity contribution is 0.160. The lowest BCUT2D eigenvalue weighted by Crippen LogP contribution is -2.16. The second-order valence-corrected chi connectivity index (χ2v) is 4.19. The van der Waals surface area contributed by atoms with Crippen molar-refractivity contribution in [2.24, 2.45) is 0 Å². The molecule has 1 unspecified atom stereocenters. The SMILES string of the molecule is C#CCCC(O)c1cc(Cl)c2c(c1)OCCO2. The smallest absolute Gasteiger partial charge is 0.179 e. The summed E-state index contributed by atoms with van der Waals surface area (Å²) in [4.78, 5) is 0. The highest BCUT2D eigenvalue weighted by molar-refractivity contribution is 6.32. The lowest BCUT2D eigenvalue weighted by Gasteiger charge is -2.21. The molecule has 1 N–H and O–H groups in total. The van der Waals surface area contributed by atoms with Crippen molar-refractivity contribution in [1.29, 1.82) is 0 Å². The van der Waals surface area contributed by atoms with Gasteiger partial charge in [0.15, 0.2) is 11.5 Å². The average Bonchev–Trinajstić information content (AvgIpc) is 2.36. The third kappa shape index (κ3) is 2.66. The van der Waals surface area contributed by atoms with Crippen LogP contribution in [0.2, 0.25) is 5.02 Å². The van der Waals surface area contributed by atoms with Crippen molar-refractivity contribution in [3.05, 3.63) is 22.7 Å². The lowest BCUT2D eigenvalue weighted by atomic mass is 10.0. The number of rotatable bonds is 3. The van der Waals surface area contributed by atoms with Crippen molar-refractivity contribution >= 4 is 11.6 Å². The van der Waals surface area contributed by atoms with Gasteiger partial charge in [-0.05, 0) is 24.1 Å². The molecule has 0 aromatic heterocycles. The van der Waals surface area contributed by atoms with Crippen molar-refractivity contribution in [3.63, 3.8) is 0 Å². The highest BCUT2D eigenvalue weighted by Crippen LogP contribution is 2.40. The number of terminal acetylenes is 1. The number of fused-ring (bicyclic) bond motifs is 1. The van der Waals surface area contributed by atoms with Crippen LogP contribution in [0.1, 0.15) is 24.5 Å². The minimum Gasteiger partial charge on any atom is -0.486 e. The van der Waals surface area contributed by atoms with Gasteiger partial charge in [-0.2, -0.15) is 0 Å². The number of hydrogen-bond acceptors (Lipinski definition) is 3. The molecule has 1 aromatic carbocycles. The molecular formula is C13H13ClO3. The normalized spacial score (nSPS) is 15.1. The summed E-state index contributed by atoms with van der Waals surface area (Å²) in [6.07, 6.45) is 5.57. The summed E-state index contributed by atoms with van der Waals surface area (Å²) in [7, 11) is 0. The Hall–Kier alpha value is -1.37. The van der Waals surface area contributed by atoms with E-state index in [9.17, 15) is 5.11 Å². The van der Waals surface area contributed by atoms with Crippen LogP contribution in [0.5, 0.6) is 11.5 Å². The van der Waals surface area contributed by atoms with Crippen LogP contribution in [0.4, 0.5) is 0 Å². The van der Waals surface area contributed by atoms with Gasteiger partial charge in [0, 0.05) is 6.42 Å². The van der Waals surface area contributed by atoms with Gasteiger partial charge in [-0.3, -0.25) is 0 Å². The Morgan fingerprint density at radius 2 is 2.18 bits per heavy atom. The maximum Gasteiger partial charge on any atom is 0.179 e. The van der Waals surface area contributed by atoms with Crippen molar-refractivity contribution in [3.8, 4) is 23.8 Å². The molecule has 4 heteroatoms. The first-order valence-corrected chi connectivity index (χ1v) is 5.80. The zero-order valence-electron chi connectivity index (χ0n) is 9.28. The molecule has 1 atom stereocenters. The minimum atomic E-state index is -0.626. The highest BCUT2D eigenvalue weighted by atomic mass is 35.5. The molecule has 0 amide bonds. The third-order valence-electron chi connectivity index (χ3n) is 2.57. The van der Waals surface area contributed by atoms with Gasteiger partial charge in [0.2, 0.25) is 0 Å². The molecule has 0 spiro atoms. The van der Waals surface area contributed by atoms with Crippen LogP contribution in [0.25, 0.3) is 0 Å². The number of aliphatic hydroxyl groups excluding tert-OH is 1. The van der Waals surface area contributed by atoms with Gasteiger partial charge < -0.3 is 14.6 Å². The Kier molecular flexibility index (Phi) is 3.78. The van der Waals surface area contributed by atoms with Crippen LogP contribution >= 0.6 is 11.6 Å². The van der Waals surface area contributed by atoms with Gasteiger partial charge in [-0.25, -0.2) is 0 Å². The molecule has 0 bridgehead atoms. The molecule has 3 nitrogen and oxygen atoms in total. The highest BCUT2D eigenvalue weighted by Gasteiger charge is 2.19. The standard InChI is InChI=1S/C13H13ClO3/c1-2-3-4-11(15)9-7-10(14)13-12(8-9)16-5-6-17-13/h1,7-8,11,15H,3-6H2. The maximum atomic E-state index is 9.93. The van der Waals surface area contributed by atoms with E-state index in [4.69, 9.17) is 27.5 Å². The molecule has 1 aliphatic rings. The van der Waals surface area contributed by atoms with Crippen molar-refractivity contribution in [2.75, 3.05) is 13.2 Å². The summed E-state index contributed by atoms with van der Waals surface area (Å²) in [5.74, 6) is 3.63. The monoisotopic (exact) mass is 252 g/mol. The zero-order valence-corrected chi connectivity index (χ0v) is 10.0. The largest absolute Gasteiger partial charge is 0.486 e. The van der Waals surface area contributed by atoms with E-state index in [-0.39, 0.29) is 0 Å². The second kappa shape index (κ2) is 5.31. The van der Waals surface area contributed by atoms with E-state index in [1.807, 2.05) is 0 Å². The van der Waals surface area contributed by atoms with Crippen molar-refractivity contribution in [1.82, 2.24) is 0 Å². The van der Waals surface area contributed by atoms with E-state index >= 15 is 0 Å². The van der Waals surface area contributed by atoms with E-state index < -0.39 is 6.10 Å². The van der Waals surface area contributed by atoms with Crippen LogP contribution in [-0.2, 0) is 0 Å². The van der Waals surface area contributed by atoms with Crippen LogP contribution in [0, 0.1) is 12.3 Å². The molecule has 1 aliphatic heterocycles. The predicted octanol–water partition coefficient (Wildman–Crippen LogP) is 2.56. The van der Waals surface area contributed by atoms with E-state index in [1.54, 1.807) is 12.1 Å². The van der Waals surface area contributed by atoms with Crippen LogP contribution in [-0.4, -0.2) is 18.3 Å². The molecule has 2 rings (SSSR count). The Labute approximate surface area is 105 Å². The molecule has 0 saturated carbocycles. The number of aliphatic hydroxyl groups is 1. The fourth-order valence-corrected chi connectivity index (χ4v) is 1.98. The van der Waals surface area contributed by atoms with Crippen molar-refractivity contribution in [2.45, 2.75) is 18.9 Å². The first-order chi connectivity index (χ1) is 8.22. The quantitative estimate of drug-likeness (QED) is 0.841. The summed E-state index contributed by atoms with van der Waals surface area (Å²) >= 11 is 6.07. The molecule has 1 aromatic rings. The molecular weight excluding hydrogens is 240 g/mol. The summed E-state index contributed by atoms with van der Waals surface area (Å²) in [6, 6.07) is 3.44. The molecule has 0 radical (unpaired) electrons. The summed E-state index contributed by atoms with van der Waals surface area (Å²) in [5.41, 5.74) is 0.703. The van der Waals surface area contributed by atoms with Crippen LogP contribution in [0.3, 0.4) is 0 Å². The zero-order chi connectivity index (χ0) is 12.3. The Morgan fingerprint density at radius 3 is 2.94 bits per heavy atom. The number of benzene rings is 1. The molecule has 0 saturated heterocycles. The average molecular weight is 253 g/mol.